The molecule has 0 fully saturated rings. The van der Waals surface area contributed by atoms with Crippen molar-refractivity contribution in [3.05, 3.63) is 12.2 Å². The van der Waals surface area contributed by atoms with Gasteiger partial charge in [-0.3, -0.25) is 0 Å². The first-order valence-electron chi connectivity index (χ1n) is 9.24. The molecule has 1 atom stereocenters. The minimum Gasteiger partial charge on any atom is -0.479 e. The Kier molecular flexibility index (Phi) is 15.9. The van der Waals surface area contributed by atoms with Gasteiger partial charge in [-0.05, 0) is 32.1 Å². The van der Waals surface area contributed by atoms with Crippen molar-refractivity contribution in [2.24, 2.45) is 0 Å². The van der Waals surface area contributed by atoms with Crippen LogP contribution in [0.2, 0.25) is 0 Å². The summed E-state index contributed by atoms with van der Waals surface area (Å²) in [5.74, 6) is -1.10. The van der Waals surface area contributed by atoms with E-state index in [0.717, 1.165) is 25.7 Å². The van der Waals surface area contributed by atoms with Gasteiger partial charge in [-0.2, -0.15) is 0 Å². The van der Waals surface area contributed by atoms with Crippen molar-refractivity contribution in [3.63, 3.8) is 0 Å². The first-order valence-corrected chi connectivity index (χ1v) is 9.24. The van der Waals surface area contributed by atoms with E-state index in [2.05, 4.69) is 19.1 Å². The summed E-state index contributed by atoms with van der Waals surface area (Å²) in [6, 6.07) is 0. The van der Waals surface area contributed by atoms with Gasteiger partial charge < -0.3 is 10.2 Å². The summed E-state index contributed by atoms with van der Waals surface area (Å²) in [5.41, 5.74) is 0. The van der Waals surface area contributed by atoms with Gasteiger partial charge in [0.15, 0.2) is 6.10 Å². The number of aliphatic hydroxyl groups excluding tert-OH is 1. The number of carbonyl (C=O) groups is 1. The van der Waals surface area contributed by atoms with Crippen LogP contribution in [-0.4, -0.2) is 22.3 Å². The number of carboxylic acids is 1. The van der Waals surface area contributed by atoms with Gasteiger partial charge in [0.05, 0.1) is 0 Å². The first-order chi connectivity index (χ1) is 10.7. The average molecular weight is 312 g/mol. The molecule has 0 aromatic carbocycles. The number of hydrogen-bond acceptors (Lipinski definition) is 2. The molecule has 130 valence electrons. The number of unbranched alkanes of at least 4 members (excludes halogenated alkanes) is 11. The highest BCUT2D eigenvalue weighted by Crippen LogP contribution is 2.10. The topological polar surface area (TPSA) is 57.5 Å². The molecule has 0 saturated heterocycles. The Morgan fingerprint density at radius 3 is 1.77 bits per heavy atom. The van der Waals surface area contributed by atoms with Crippen molar-refractivity contribution in [2.45, 2.75) is 103 Å². The van der Waals surface area contributed by atoms with Crippen LogP contribution in [0.15, 0.2) is 12.2 Å². The maximum Gasteiger partial charge on any atom is 0.332 e. The molecule has 0 spiro atoms. The predicted octanol–water partition coefficient (Wildman–Crippen LogP) is 5.47. The zero-order valence-corrected chi connectivity index (χ0v) is 14.4. The molecule has 0 unspecified atom stereocenters. The number of aliphatic carboxylic acids is 1. The molecule has 0 aromatic rings. The normalized spacial score (nSPS) is 12.8. The summed E-state index contributed by atoms with van der Waals surface area (Å²) in [6.45, 7) is 2.25. The van der Waals surface area contributed by atoms with E-state index >= 15 is 0 Å². The molecule has 0 rings (SSSR count). The number of hydrogen-bond donors (Lipinski definition) is 2. The number of allylic oxidation sites excluding steroid dienone is 2. The second kappa shape index (κ2) is 16.5. The molecule has 22 heavy (non-hydrogen) atoms. The minimum atomic E-state index is -1.18. The molecule has 0 heterocycles. The molecule has 0 bridgehead atoms. The highest BCUT2D eigenvalue weighted by Gasteiger charge is 2.11. The van der Waals surface area contributed by atoms with Gasteiger partial charge in [0.1, 0.15) is 0 Å². The molecule has 3 nitrogen and oxygen atoms in total. The molecule has 3 heteroatoms. The standard InChI is InChI=1S/C19H36O3/c1-2-3-4-5-6-7-8-9-10-11-12-13-14-15-16-17-18(20)19(21)22/h9-10,18,20H,2-8,11-17H2,1H3,(H,21,22)/b10-9-/t18-/m1/s1. The highest BCUT2D eigenvalue weighted by molar-refractivity contribution is 5.71. The fourth-order valence-electron chi connectivity index (χ4n) is 2.53. The summed E-state index contributed by atoms with van der Waals surface area (Å²) in [6.07, 6.45) is 19.8. The van der Waals surface area contributed by atoms with E-state index in [9.17, 15) is 4.79 Å². The van der Waals surface area contributed by atoms with Gasteiger partial charge in [0.2, 0.25) is 0 Å². The Morgan fingerprint density at radius 2 is 1.27 bits per heavy atom. The van der Waals surface area contributed by atoms with Crippen LogP contribution < -0.4 is 0 Å². The van der Waals surface area contributed by atoms with E-state index in [4.69, 9.17) is 10.2 Å². The molecule has 0 aliphatic heterocycles. The molecule has 0 radical (unpaired) electrons. The molecular formula is C19H36O3. The lowest BCUT2D eigenvalue weighted by Crippen LogP contribution is -2.18. The molecule has 0 aliphatic rings. The molecule has 2 N–H and O–H groups in total. The molecule has 0 amide bonds. The molecule has 0 saturated carbocycles. The van der Waals surface area contributed by atoms with Crippen molar-refractivity contribution < 1.29 is 15.0 Å². The second-order valence-electron chi connectivity index (χ2n) is 6.23. The van der Waals surface area contributed by atoms with Gasteiger partial charge in [0.25, 0.3) is 0 Å². The third-order valence-electron chi connectivity index (χ3n) is 4.02. The number of aliphatic hydroxyl groups is 1. The van der Waals surface area contributed by atoms with E-state index in [1.807, 2.05) is 0 Å². The molecule has 0 aliphatic carbocycles. The van der Waals surface area contributed by atoms with Crippen molar-refractivity contribution in [1.29, 1.82) is 0 Å². The van der Waals surface area contributed by atoms with Crippen LogP contribution in [0.5, 0.6) is 0 Å². The number of rotatable bonds is 16. The predicted molar refractivity (Wildman–Crippen MR) is 93.1 cm³/mol. The van der Waals surface area contributed by atoms with Crippen LogP contribution in [0.3, 0.4) is 0 Å². The van der Waals surface area contributed by atoms with Crippen LogP contribution in [0.4, 0.5) is 0 Å². The van der Waals surface area contributed by atoms with Gasteiger partial charge in [-0.1, -0.05) is 76.9 Å². The highest BCUT2D eigenvalue weighted by atomic mass is 16.4. The largest absolute Gasteiger partial charge is 0.479 e. The molecule has 0 aromatic heterocycles. The lowest BCUT2D eigenvalue weighted by atomic mass is 10.1. The molecular weight excluding hydrogens is 276 g/mol. The van der Waals surface area contributed by atoms with Crippen LogP contribution in [0, 0.1) is 0 Å². The number of carboxylic acid groups (broad SMARTS) is 1. The Balaban J connectivity index is 3.16. The summed E-state index contributed by atoms with van der Waals surface area (Å²) in [4.78, 5) is 10.4. The Hall–Kier alpha value is -0.830. The summed E-state index contributed by atoms with van der Waals surface area (Å²) in [7, 11) is 0. The van der Waals surface area contributed by atoms with Crippen LogP contribution in [0.1, 0.15) is 96.8 Å². The Bertz CT molecular complexity index is 274. The average Bonchev–Trinajstić information content (AvgIpc) is 2.50. The first kappa shape index (κ1) is 21.2. The van der Waals surface area contributed by atoms with E-state index in [1.54, 1.807) is 0 Å². The van der Waals surface area contributed by atoms with Crippen LogP contribution in [-0.2, 0) is 4.79 Å². The van der Waals surface area contributed by atoms with Crippen molar-refractivity contribution in [2.75, 3.05) is 0 Å². The van der Waals surface area contributed by atoms with E-state index < -0.39 is 12.1 Å². The lowest BCUT2D eigenvalue weighted by Gasteiger charge is -2.04. The third-order valence-corrected chi connectivity index (χ3v) is 4.02. The van der Waals surface area contributed by atoms with Gasteiger partial charge in [0, 0.05) is 0 Å². The van der Waals surface area contributed by atoms with Crippen LogP contribution in [0.25, 0.3) is 0 Å². The van der Waals surface area contributed by atoms with E-state index in [-0.39, 0.29) is 0 Å². The monoisotopic (exact) mass is 312 g/mol. The minimum absolute atomic E-state index is 0.382. The van der Waals surface area contributed by atoms with E-state index in [1.165, 1.54) is 57.8 Å². The Morgan fingerprint density at radius 1 is 0.818 bits per heavy atom. The third kappa shape index (κ3) is 15.6. The van der Waals surface area contributed by atoms with Gasteiger partial charge in [-0.15, -0.1) is 0 Å². The summed E-state index contributed by atoms with van der Waals surface area (Å²) < 4.78 is 0. The summed E-state index contributed by atoms with van der Waals surface area (Å²) in [5, 5.41) is 17.7. The second-order valence-corrected chi connectivity index (χ2v) is 6.23. The van der Waals surface area contributed by atoms with Gasteiger partial charge >= 0.3 is 5.97 Å². The van der Waals surface area contributed by atoms with Crippen molar-refractivity contribution in [1.82, 2.24) is 0 Å². The SMILES string of the molecule is CCCCCCCC/C=C\CCCCCCC[C@@H](O)C(=O)O. The fourth-order valence-corrected chi connectivity index (χ4v) is 2.53. The maximum absolute atomic E-state index is 10.4. The van der Waals surface area contributed by atoms with Crippen molar-refractivity contribution >= 4 is 5.97 Å². The smallest absolute Gasteiger partial charge is 0.332 e. The Labute approximate surface area is 136 Å². The summed E-state index contributed by atoms with van der Waals surface area (Å²) >= 11 is 0. The van der Waals surface area contributed by atoms with Gasteiger partial charge in [-0.25, -0.2) is 4.79 Å². The maximum atomic E-state index is 10.4. The van der Waals surface area contributed by atoms with E-state index in [0.29, 0.717) is 6.42 Å². The quantitative estimate of drug-likeness (QED) is 0.293. The zero-order chi connectivity index (χ0) is 16.5. The lowest BCUT2D eigenvalue weighted by molar-refractivity contribution is -0.146. The van der Waals surface area contributed by atoms with Crippen molar-refractivity contribution in [3.8, 4) is 0 Å². The zero-order valence-electron chi connectivity index (χ0n) is 14.4. The van der Waals surface area contributed by atoms with Crippen LogP contribution >= 0.6 is 0 Å². The fraction of sp³-hybridized carbons (Fsp3) is 0.842.